The van der Waals surface area contributed by atoms with Crippen molar-refractivity contribution in [3.05, 3.63) is 24.3 Å². The summed E-state index contributed by atoms with van der Waals surface area (Å²) in [5.41, 5.74) is -0.702. The Morgan fingerprint density at radius 2 is 1.81 bits per heavy atom. The van der Waals surface area contributed by atoms with Gasteiger partial charge in [-0.1, -0.05) is 12.8 Å². The SMILES string of the molecule is CC(C(=O)Nc1ccc(OC(F)(F)F)cc1)N1C(=O)NC2(CCCC2)C1=O. The van der Waals surface area contributed by atoms with Crippen LogP contribution in [0.15, 0.2) is 24.3 Å². The molecule has 0 aromatic heterocycles. The second-order valence-corrected chi connectivity index (χ2v) is 6.63. The summed E-state index contributed by atoms with van der Waals surface area (Å²) in [7, 11) is 0. The molecule has 1 aliphatic carbocycles. The van der Waals surface area contributed by atoms with Gasteiger partial charge in [0.2, 0.25) is 5.91 Å². The van der Waals surface area contributed by atoms with Gasteiger partial charge in [-0.05, 0) is 44.0 Å². The number of nitrogens with one attached hydrogen (secondary N) is 2. The van der Waals surface area contributed by atoms with Crippen molar-refractivity contribution in [2.24, 2.45) is 0 Å². The lowest BCUT2D eigenvalue weighted by molar-refractivity contribution is -0.274. The van der Waals surface area contributed by atoms with E-state index in [0.29, 0.717) is 12.8 Å². The van der Waals surface area contributed by atoms with E-state index in [1.807, 2.05) is 0 Å². The first kappa shape index (κ1) is 19.0. The van der Waals surface area contributed by atoms with Crippen LogP contribution in [0.1, 0.15) is 32.6 Å². The van der Waals surface area contributed by atoms with E-state index < -0.39 is 41.5 Å². The number of halogens is 3. The summed E-state index contributed by atoms with van der Waals surface area (Å²) in [4.78, 5) is 38.2. The third-order valence-corrected chi connectivity index (χ3v) is 4.77. The van der Waals surface area contributed by atoms with Crippen LogP contribution < -0.4 is 15.4 Å². The Labute approximate surface area is 152 Å². The van der Waals surface area contributed by atoms with Crippen LogP contribution in [-0.2, 0) is 9.59 Å². The summed E-state index contributed by atoms with van der Waals surface area (Å²) in [5, 5.41) is 5.17. The Morgan fingerprint density at radius 3 is 2.37 bits per heavy atom. The van der Waals surface area contributed by atoms with Gasteiger partial charge in [-0.15, -0.1) is 13.2 Å². The van der Waals surface area contributed by atoms with Gasteiger partial charge in [-0.3, -0.25) is 9.59 Å². The minimum Gasteiger partial charge on any atom is -0.406 e. The van der Waals surface area contributed by atoms with Crippen LogP contribution in [0.3, 0.4) is 0 Å². The first-order valence-electron chi connectivity index (χ1n) is 8.44. The van der Waals surface area contributed by atoms with E-state index >= 15 is 0 Å². The van der Waals surface area contributed by atoms with Crippen LogP contribution in [0.2, 0.25) is 0 Å². The standard InChI is InChI=1S/C17H18F3N3O4/c1-10(23-14(25)16(22-15(23)26)8-2-3-9-16)13(24)21-11-4-6-12(7-5-11)27-17(18,19)20/h4-7,10H,2-3,8-9H2,1H3,(H,21,24)(H,22,26). The summed E-state index contributed by atoms with van der Waals surface area (Å²) in [6.45, 7) is 1.42. The number of urea groups is 1. The van der Waals surface area contributed by atoms with Crippen LogP contribution in [-0.4, -0.2) is 40.7 Å². The lowest BCUT2D eigenvalue weighted by Gasteiger charge is -2.23. The van der Waals surface area contributed by atoms with E-state index in [0.717, 1.165) is 29.9 Å². The van der Waals surface area contributed by atoms with E-state index in [9.17, 15) is 27.6 Å². The minimum absolute atomic E-state index is 0.212. The molecule has 10 heteroatoms. The number of carbonyl (C=O) groups is 3. The van der Waals surface area contributed by atoms with Gasteiger partial charge in [0.05, 0.1) is 0 Å². The van der Waals surface area contributed by atoms with Gasteiger partial charge in [-0.25, -0.2) is 9.69 Å². The quantitative estimate of drug-likeness (QED) is 0.781. The Bertz CT molecular complexity index is 758. The smallest absolute Gasteiger partial charge is 0.406 e. The van der Waals surface area contributed by atoms with Crippen molar-refractivity contribution in [1.29, 1.82) is 0 Å². The molecule has 4 amide bonds. The molecule has 27 heavy (non-hydrogen) atoms. The molecule has 1 unspecified atom stereocenters. The van der Waals surface area contributed by atoms with Gasteiger partial charge in [-0.2, -0.15) is 0 Å². The van der Waals surface area contributed by atoms with Crippen molar-refractivity contribution in [3.8, 4) is 5.75 Å². The van der Waals surface area contributed by atoms with Gasteiger partial charge < -0.3 is 15.4 Å². The van der Waals surface area contributed by atoms with Crippen molar-refractivity contribution in [1.82, 2.24) is 10.2 Å². The second kappa shape index (κ2) is 6.75. The lowest BCUT2D eigenvalue weighted by Crippen LogP contribution is -2.48. The van der Waals surface area contributed by atoms with Crippen LogP contribution in [0, 0.1) is 0 Å². The fourth-order valence-electron chi connectivity index (χ4n) is 3.41. The lowest BCUT2D eigenvalue weighted by atomic mass is 9.97. The zero-order valence-corrected chi connectivity index (χ0v) is 14.4. The minimum atomic E-state index is -4.81. The molecule has 1 spiro atoms. The number of alkyl halides is 3. The number of anilines is 1. The molecular formula is C17H18F3N3O4. The molecule has 2 aliphatic rings. The number of hydrogen-bond acceptors (Lipinski definition) is 4. The number of nitrogens with zero attached hydrogens (tertiary/aromatic N) is 1. The maximum atomic E-state index is 12.7. The van der Waals surface area contributed by atoms with E-state index in [1.54, 1.807) is 0 Å². The highest BCUT2D eigenvalue weighted by molar-refractivity contribution is 6.11. The van der Waals surface area contributed by atoms with Crippen molar-refractivity contribution >= 4 is 23.5 Å². The van der Waals surface area contributed by atoms with Crippen molar-refractivity contribution in [3.63, 3.8) is 0 Å². The normalized spacial score (nSPS) is 19.9. The maximum Gasteiger partial charge on any atom is 0.573 e. The molecule has 1 aromatic carbocycles. The highest BCUT2D eigenvalue weighted by Crippen LogP contribution is 2.36. The first-order chi connectivity index (χ1) is 12.6. The fraction of sp³-hybridized carbons (Fsp3) is 0.471. The molecule has 1 saturated heterocycles. The molecule has 2 fully saturated rings. The van der Waals surface area contributed by atoms with Crippen LogP contribution in [0.25, 0.3) is 0 Å². The topological polar surface area (TPSA) is 87.7 Å². The molecule has 7 nitrogen and oxygen atoms in total. The summed E-state index contributed by atoms with van der Waals surface area (Å²) in [6, 6.07) is 2.89. The van der Waals surface area contributed by atoms with E-state index in [1.165, 1.54) is 19.1 Å². The van der Waals surface area contributed by atoms with Gasteiger partial charge in [0, 0.05) is 5.69 Å². The zero-order valence-electron chi connectivity index (χ0n) is 14.4. The van der Waals surface area contributed by atoms with E-state index in [4.69, 9.17) is 0 Å². The van der Waals surface area contributed by atoms with Crippen LogP contribution >= 0.6 is 0 Å². The predicted molar refractivity (Wildman–Crippen MR) is 87.8 cm³/mol. The molecule has 0 bridgehead atoms. The third kappa shape index (κ3) is 3.83. The fourth-order valence-corrected chi connectivity index (χ4v) is 3.41. The van der Waals surface area contributed by atoms with E-state index in [-0.39, 0.29) is 5.69 Å². The molecule has 1 aliphatic heterocycles. The highest BCUT2D eigenvalue weighted by Gasteiger charge is 2.54. The molecule has 1 atom stereocenters. The average Bonchev–Trinajstić information content (AvgIpc) is 3.13. The van der Waals surface area contributed by atoms with Gasteiger partial charge in [0.1, 0.15) is 17.3 Å². The molecule has 2 N–H and O–H groups in total. The zero-order chi connectivity index (χ0) is 19.8. The molecule has 1 heterocycles. The number of ether oxygens (including phenoxy) is 1. The summed E-state index contributed by atoms with van der Waals surface area (Å²) < 4.78 is 40.2. The number of rotatable bonds is 4. The number of benzene rings is 1. The molecule has 0 radical (unpaired) electrons. The first-order valence-corrected chi connectivity index (χ1v) is 8.44. The largest absolute Gasteiger partial charge is 0.573 e. The maximum absolute atomic E-state index is 12.7. The van der Waals surface area contributed by atoms with Crippen molar-refractivity contribution < 1.29 is 32.3 Å². The third-order valence-electron chi connectivity index (χ3n) is 4.77. The van der Waals surface area contributed by atoms with Gasteiger partial charge in [0.15, 0.2) is 0 Å². The summed E-state index contributed by atoms with van der Waals surface area (Å²) >= 11 is 0. The highest BCUT2D eigenvalue weighted by atomic mass is 19.4. The van der Waals surface area contributed by atoms with Crippen LogP contribution in [0.5, 0.6) is 5.75 Å². The predicted octanol–water partition coefficient (Wildman–Crippen LogP) is 2.78. The van der Waals surface area contributed by atoms with Gasteiger partial charge >= 0.3 is 12.4 Å². The van der Waals surface area contributed by atoms with Gasteiger partial charge in [0.25, 0.3) is 5.91 Å². The molecular weight excluding hydrogens is 367 g/mol. The van der Waals surface area contributed by atoms with Crippen molar-refractivity contribution in [2.75, 3.05) is 5.32 Å². The monoisotopic (exact) mass is 385 g/mol. The Morgan fingerprint density at radius 1 is 1.22 bits per heavy atom. The Kier molecular flexibility index (Phi) is 4.75. The molecule has 3 rings (SSSR count). The van der Waals surface area contributed by atoms with Crippen molar-refractivity contribution in [2.45, 2.75) is 50.6 Å². The Balaban J connectivity index is 1.65. The summed E-state index contributed by atoms with van der Waals surface area (Å²) in [5.74, 6) is -1.47. The number of carbonyl (C=O) groups excluding carboxylic acids is 3. The number of hydrogen-bond donors (Lipinski definition) is 2. The Hall–Kier alpha value is -2.78. The van der Waals surface area contributed by atoms with Crippen LogP contribution in [0.4, 0.5) is 23.7 Å². The number of imide groups is 1. The summed E-state index contributed by atoms with van der Waals surface area (Å²) in [6.07, 6.45) is -2.06. The van der Waals surface area contributed by atoms with E-state index in [2.05, 4.69) is 15.4 Å². The number of amides is 4. The molecule has 1 saturated carbocycles. The average molecular weight is 385 g/mol. The molecule has 1 aromatic rings. The second-order valence-electron chi connectivity index (χ2n) is 6.63. The molecule has 146 valence electrons.